The summed E-state index contributed by atoms with van der Waals surface area (Å²) in [5.74, 6) is -1.39. The normalized spacial score (nSPS) is 13.8. The monoisotopic (exact) mass is 567 g/mol. The van der Waals surface area contributed by atoms with Crippen LogP contribution in [0.2, 0.25) is 15.1 Å². The summed E-state index contributed by atoms with van der Waals surface area (Å²) in [6.07, 6.45) is 3.41. The van der Waals surface area contributed by atoms with E-state index in [4.69, 9.17) is 34.8 Å². The van der Waals surface area contributed by atoms with Crippen molar-refractivity contribution in [1.29, 1.82) is 0 Å². The van der Waals surface area contributed by atoms with Crippen LogP contribution in [0.3, 0.4) is 0 Å². The Balaban J connectivity index is 1.81. The largest absolute Gasteiger partial charge is 0.331 e. The number of rotatable bonds is 5. The summed E-state index contributed by atoms with van der Waals surface area (Å²) < 4.78 is 2.88. The summed E-state index contributed by atoms with van der Waals surface area (Å²) >= 11 is 18.5. The van der Waals surface area contributed by atoms with Crippen LogP contribution in [-0.2, 0) is 9.59 Å². The van der Waals surface area contributed by atoms with Gasteiger partial charge in [0.25, 0.3) is 17.2 Å². The summed E-state index contributed by atoms with van der Waals surface area (Å²) in [4.78, 5) is 43.0. The lowest BCUT2D eigenvalue weighted by Crippen LogP contribution is -2.39. The lowest BCUT2D eigenvalue weighted by atomic mass is 9.98. The van der Waals surface area contributed by atoms with E-state index in [0.29, 0.717) is 27.1 Å². The number of amides is 2. The number of imide groups is 1. The average molecular weight is 569 g/mol. The number of hydrogen-bond donors (Lipinski definition) is 1. The Morgan fingerprint density at radius 3 is 2.29 bits per heavy atom. The van der Waals surface area contributed by atoms with Gasteiger partial charge in [-0.05, 0) is 55.3 Å². The van der Waals surface area contributed by atoms with Crippen molar-refractivity contribution in [1.82, 2.24) is 9.78 Å². The molecule has 7 nitrogen and oxygen atoms in total. The number of benzene rings is 2. The van der Waals surface area contributed by atoms with Crippen molar-refractivity contribution in [2.24, 2.45) is 0 Å². The first kappa shape index (κ1) is 26.0. The van der Waals surface area contributed by atoms with Gasteiger partial charge in [-0.25, -0.2) is 9.58 Å². The van der Waals surface area contributed by atoms with E-state index in [1.165, 1.54) is 10.7 Å². The smallest absolute Gasteiger partial charge is 0.294 e. The molecule has 0 atom stereocenters. The highest BCUT2D eigenvalue weighted by Crippen LogP contribution is 2.36. The number of H-pyrrole nitrogens is 1. The maximum atomic E-state index is 14.1. The number of carbonyl (C=O) groups excluding carboxylic acids is 2. The van der Waals surface area contributed by atoms with Crippen LogP contribution in [0.15, 0.2) is 71.8 Å². The molecule has 0 saturated heterocycles. The molecule has 1 aliphatic heterocycles. The van der Waals surface area contributed by atoms with Gasteiger partial charge in [0, 0.05) is 22.3 Å². The van der Waals surface area contributed by atoms with E-state index in [1.807, 2.05) is 26.8 Å². The number of hydrogen-bond acceptors (Lipinski definition) is 3. The second-order valence-corrected chi connectivity index (χ2v) is 10.5. The van der Waals surface area contributed by atoms with E-state index in [-0.39, 0.29) is 27.8 Å². The summed E-state index contributed by atoms with van der Waals surface area (Å²) in [5.41, 5.74) is 1.78. The molecule has 0 bridgehead atoms. The molecule has 1 N–H and O–H groups in total. The van der Waals surface area contributed by atoms with Crippen molar-refractivity contribution in [3.05, 3.63) is 109 Å². The van der Waals surface area contributed by atoms with Crippen LogP contribution in [0.25, 0.3) is 17.0 Å². The van der Waals surface area contributed by atoms with Gasteiger partial charge in [-0.2, -0.15) is 4.57 Å². The zero-order valence-corrected chi connectivity index (χ0v) is 22.9. The van der Waals surface area contributed by atoms with Crippen molar-refractivity contribution in [3.63, 3.8) is 0 Å². The molecule has 5 rings (SSSR count). The minimum Gasteiger partial charge on any atom is -0.294 e. The van der Waals surface area contributed by atoms with E-state index in [0.717, 1.165) is 10.5 Å². The van der Waals surface area contributed by atoms with E-state index >= 15 is 0 Å². The third kappa shape index (κ3) is 4.36. The fourth-order valence-corrected chi connectivity index (χ4v) is 4.96. The Bertz CT molecular complexity index is 1720. The maximum absolute atomic E-state index is 14.1. The third-order valence-corrected chi connectivity index (χ3v) is 7.21. The molecule has 0 aliphatic carbocycles. The number of halogens is 3. The van der Waals surface area contributed by atoms with Gasteiger partial charge >= 0.3 is 5.91 Å². The third-order valence-electron chi connectivity index (χ3n) is 6.24. The Labute approximate surface area is 233 Å². The Morgan fingerprint density at radius 1 is 0.868 bits per heavy atom. The minimum absolute atomic E-state index is 0.00524. The fraction of sp³-hybridized carbons (Fsp3) is 0.143. The van der Waals surface area contributed by atoms with Crippen LogP contribution < -0.4 is 15.0 Å². The molecule has 10 heteroatoms. The molecule has 4 aromatic rings. The molecule has 0 radical (unpaired) electrons. The molecule has 1 aliphatic rings. The van der Waals surface area contributed by atoms with Crippen molar-refractivity contribution >= 4 is 63.6 Å². The van der Waals surface area contributed by atoms with E-state index in [9.17, 15) is 14.4 Å². The number of aromatic nitrogens is 3. The molecular formula is C28H22Cl3N4O3+. The standard InChI is InChI=1S/C28H21Cl3N4O3/c1-15(2)24-22(27(37)35(32-24)19-9-10-20(30)21(31)13-19)23-25(33-11-5-6-16(3)14-33)28(38)34(26(23)36)18-8-4-7-17(29)12-18/h4-15H,1-3H3/p+1. The van der Waals surface area contributed by atoms with E-state index in [1.54, 1.807) is 59.4 Å². The number of aryl methyl sites for hydroxylation is 1. The van der Waals surface area contributed by atoms with Crippen molar-refractivity contribution in [3.8, 4) is 5.69 Å². The van der Waals surface area contributed by atoms with Crippen molar-refractivity contribution < 1.29 is 14.2 Å². The number of nitrogens with one attached hydrogen (secondary N) is 1. The second-order valence-electron chi connectivity index (χ2n) is 9.23. The van der Waals surface area contributed by atoms with Crippen LogP contribution >= 0.6 is 34.8 Å². The predicted octanol–water partition coefficient (Wildman–Crippen LogP) is 5.79. The quantitative estimate of drug-likeness (QED) is 0.245. The first-order valence-corrected chi connectivity index (χ1v) is 12.9. The molecule has 192 valence electrons. The van der Waals surface area contributed by atoms with Crippen molar-refractivity contribution in [2.75, 3.05) is 4.90 Å². The Kier molecular flexibility index (Phi) is 6.77. The van der Waals surface area contributed by atoms with Crippen molar-refractivity contribution in [2.45, 2.75) is 26.7 Å². The maximum Gasteiger partial charge on any atom is 0.331 e. The minimum atomic E-state index is -0.624. The zero-order valence-electron chi connectivity index (χ0n) is 20.6. The highest BCUT2D eigenvalue weighted by Gasteiger charge is 2.48. The average Bonchev–Trinajstić information content (AvgIpc) is 3.33. The van der Waals surface area contributed by atoms with Gasteiger partial charge in [-0.1, -0.05) is 54.7 Å². The first-order valence-electron chi connectivity index (χ1n) is 11.8. The first-order chi connectivity index (χ1) is 18.1. The lowest BCUT2D eigenvalue weighted by Gasteiger charge is -2.14. The number of aromatic amines is 1. The lowest BCUT2D eigenvalue weighted by molar-refractivity contribution is -0.577. The van der Waals surface area contributed by atoms with Gasteiger partial charge in [0.05, 0.1) is 27.0 Å². The molecule has 2 aromatic carbocycles. The summed E-state index contributed by atoms with van der Waals surface area (Å²) in [6.45, 7) is 5.66. The molecular weight excluding hydrogens is 547 g/mol. The second kappa shape index (κ2) is 9.91. The van der Waals surface area contributed by atoms with Crippen LogP contribution in [-0.4, -0.2) is 21.6 Å². The van der Waals surface area contributed by atoms with Gasteiger partial charge in [0.1, 0.15) is 5.57 Å². The van der Waals surface area contributed by atoms with Gasteiger partial charge in [-0.15, -0.1) is 0 Å². The molecule has 0 fully saturated rings. The number of carbonyl (C=O) groups is 2. The molecule has 0 spiro atoms. The fourth-order valence-electron chi connectivity index (χ4n) is 4.48. The van der Waals surface area contributed by atoms with Gasteiger partial charge in [0.15, 0.2) is 12.4 Å². The highest BCUT2D eigenvalue weighted by atomic mass is 35.5. The molecule has 2 amide bonds. The van der Waals surface area contributed by atoms with E-state index < -0.39 is 17.4 Å². The molecule has 0 unspecified atom stereocenters. The van der Waals surface area contributed by atoms with Crippen LogP contribution in [0, 0.1) is 6.92 Å². The highest BCUT2D eigenvalue weighted by molar-refractivity contribution is 6.53. The van der Waals surface area contributed by atoms with Gasteiger partial charge in [0.2, 0.25) is 0 Å². The van der Waals surface area contributed by atoms with E-state index in [2.05, 4.69) is 5.10 Å². The van der Waals surface area contributed by atoms with Gasteiger partial charge < -0.3 is 0 Å². The molecule has 3 heterocycles. The topological polar surface area (TPSA) is 79.1 Å². The summed E-state index contributed by atoms with van der Waals surface area (Å²) in [6, 6.07) is 14.9. The number of nitrogens with zero attached hydrogens (tertiary/aromatic N) is 3. The molecule has 0 saturated carbocycles. The molecule has 2 aromatic heterocycles. The Morgan fingerprint density at radius 2 is 1.63 bits per heavy atom. The van der Waals surface area contributed by atoms with Crippen LogP contribution in [0.1, 0.15) is 36.6 Å². The SMILES string of the molecule is Cc1ccc[n+](C2=C(c3c(C(C)C)[nH]n(-c4ccc(Cl)c(Cl)c4)c3=O)C(=O)N(c3cccc(Cl)c3)C2=O)c1. The van der Waals surface area contributed by atoms with Gasteiger partial charge in [-0.3, -0.25) is 19.5 Å². The number of anilines is 1. The Hall–Kier alpha value is -3.65. The number of pyridine rings is 1. The zero-order chi connectivity index (χ0) is 27.3. The molecule has 38 heavy (non-hydrogen) atoms. The summed E-state index contributed by atoms with van der Waals surface area (Å²) in [7, 11) is 0. The predicted molar refractivity (Wildman–Crippen MR) is 149 cm³/mol. The van der Waals surface area contributed by atoms with Crippen LogP contribution in [0.4, 0.5) is 5.69 Å². The van der Waals surface area contributed by atoms with Crippen LogP contribution in [0.5, 0.6) is 0 Å². The summed E-state index contributed by atoms with van der Waals surface area (Å²) in [5, 5.41) is 4.11.